The van der Waals surface area contributed by atoms with E-state index in [1.54, 1.807) is 17.0 Å². The van der Waals surface area contributed by atoms with Crippen LogP contribution in [0.5, 0.6) is 0 Å². The maximum absolute atomic E-state index is 13.7. The van der Waals surface area contributed by atoms with Crippen molar-refractivity contribution in [3.63, 3.8) is 0 Å². The molecule has 1 amide bonds. The number of hydrogen-bond donors (Lipinski definition) is 0. The molecule has 6 heteroatoms. The minimum Gasteiger partial charge on any atom is -0.378 e. The molecule has 2 aromatic rings. The van der Waals surface area contributed by atoms with Crippen LogP contribution < -0.4 is 9.80 Å². The van der Waals surface area contributed by atoms with Crippen LogP contribution in [0.3, 0.4) is 0 Å². The lowest BCUT2D eigenvalue weighted by Gasteiger charge is -2.29. The maximum Gasteiger partial charge on any atom is 0.227 e. The first-order valence-corrected chi connectivity index (χ1v) is 9.67. The lowest BCUT2D eigenvalue weighted by Crippen LogP contribution is -2.36. The Labute approximate surface area is 163 Å². The van der Waals surface area contributed by atoms with Gasteiger partial charge >= 0.3 is 0 Å². The number of carbonyl (C=O) groups is 2. The van der Waals surface area contributed by atoms with Crippen molar-refractivity contribution in [2.24, 2.45) is 0 Å². The fraction of sp³-hybridized carbons (Fsp3) is 0.364. The summed E-state index contributed by atoms with van der Waals surface area (Å²) in [5.41, 5.74) is 3.27. The molecule has 0 radical (unpaired) electrons. The van der Waals surface area contributed by atoms with E-state index in [2.05, 4.69) is 11.0 Å². The molecule has 0 spiro atoms. The number of hydrogen-bond acceptors (Lipinski definition) is 4. The standard InChI is InChI=1S/C22H23FN2O3/c23-19-4-2-1-3-18(19)21(26)7-8-22(27)25-10-9-16-15-17(5-6-20(16)25)24-11-13-28-14-12-24/h1-6,15H,7-14H2. The Kier molecular flexibility index (Phi) is 5.39. The molecule has 0 N–H and O–H groups in total. The number of morpholine rings is 1. The van der Waals surface area contributed by atoms with Crippen molar-refractivity contribution in [2.75, 3.05) is 42.6 Å². The Morgan fingerprint density at radius 3 is 2.57 bits per heavy atom. The molecule has 5 nitrogen and oxygen atoms in total. The molecule has 0 unspecified atom stereocenters. The van der Waals surface area contributed by atoms with Crippen LogP contribution >= 0.6 is 0 Å². The predicted octanol–water partition coefficient (Wildman–Crippen LogP) is 3.21. The van der Waals surface area contributed by atoms with Gasteiger partial charge in [-0.1, -0.05) is 12.1 Å². The second-order valence-electron chi connectivity index (χ2n) is 7.11. The third-order valence-electron chi connectivity index (χ3n) is 5.38. The van der Waals surface area contributed by atoms with Crippen molar-refractivity contribution < 1.29 is 18.7 Å². The summed E-state index contributed by atoms with van der Waals surface area (Å²) in [4.78, 5) is 28.9. The summed E-state index contributed by atoms with van der Waals surface area (Å²) >= 11 is 0. The zero-order valence-electron chi connectivity index (χ0n) is 15.7. The highest BCUT2D eigenvalue weighted by atomic mass is 19.1. The third-order valence-corrected chi connectivity index (χ3v) is 5.38. The van der Waals surface area contributed by atoms with Gasteiger partial charge in [-0.15, -0.1) is 0 Å². The van der Waals surface area contributed by atoms with Gasteiger partial charge in [-0.25, -0.2) is 4.39 Å². The highest BCUT2D eigenvalue weighted by molar-refractivity contribution is 6.01. The first kappa shape index (κ1) is 18.6. The molecule has 0 bridgehead atoms. The van der Waals surface area contributed by atoms with Gasteiger partial charge in [0, 0.05) is 43.9 Å². The average Bonchev–Trinajstić information content (AvgIpc) is 3.16. The molecule has 2 heterocycles. The molecule has 1 saturated heterocycles. The van der Waals surface area contributed by atoms with Crippen LogP contribution in [0.15, 0.2) is 42.5 Å². The number of ether oxygens (including phenoxy) is 1. The van der Waals surface area contributed by atoms with Crippen LogP contribution in [0.2, 0.25) is 0 Å². The topological polar surface area (TPSA) is 49.9 Å². The van der Waals surface area contributed by atoms with Gasteiger partial charge in [-0.3, -0.25) is 9.59 Å². The zero-order valence-corrected chi connectivity index (χ0v) is 15.7. The SMILES string of the molecule is O=C(CCC(=O)N1CCc2cc(N3CCOCC3)ccc21)c1ccccc1F. The van der Waals surface area contributed by atoms with Crippen molar-refractivity contribution in [3.8, 4) is 0 Å². The van der Waals surface area contributed by atoms with Gasteiger partial charge in [0.25, 0.3) is 0 Å². The molecule has 146 valence electrons. The number of Topliss-reactive ketones (excluding diaryl/α,β-unsaturated/α-hetero) is 1. The number of amides is 1. The summed E-state index contributed by atoms with van der Waals surface area (Å²) < 4.78 is 19.1. The van der Waals surface area contributed by atoms with Crippen LogP contribution in [0.4, 0.5) is 15.8 Å². The molecule has 0 aliphatic carbocycles. The average molecular weight is 382 g/mol. The minimum atomic E-state index is -0.540. The molecule has 0 atom stereocenters. The van der Waals surface area contributed by atoms with E-state index >= 15 is 0 Å². The lowest BCUT2D eigenvalue weighted by molar-refractivity contribution is -0.118. The lowest BCUT2D eigenvalue weighted by atomic mass is 10.1. The van der Waals surface area contributed by atoms with Gasteiger partial charge in [0.1, 0.15) is 5.82 Å². The Morgan fingerprint density at radius 1 is 1.00 bits per heavy atom. The fourth-order valence-corrected chi connectivity index (χ4v) is 3.84. The quantitative estimate of drug-likeness (QED) is 0.745. The van der Waals surface area contributed by atoms with E-state index < -0.39 is 5.82 Å². The summed E-state index contributed by atoms with van der Waals surface area (Å²) in [6, 6.07) is 12.1. The third kappa shape index (κ3) is 3.78. The monoisotopic (exact) mass is 382 g/mol. The van der Waals surface area contributed by atoms with E-state index in [1.165, 1.54) is 12.1 Å². The Bertz CT molecular complexity index is 893. The van der Waals surface area contributed by atoms with Gasteiger partial charge in [0.2, 0.25) is 5.91 Å². The fourth-order valence-electron chi connectivity index (χ4n) is 3.84. The smallest absolute Gasteiger partial charge is 0.227 e. The van der Waals surface area contributed by atoms with Crippen LogP contribution in [-0.2, 0) is 16.0 Å². The number of fused-ring (bicyclic) bond motifs is 1. The van der Waals surface area contributed by atoms with E-state index in [1.807, 2.05) is 12.1 Å². The summed E-state index contributed by atoms with van der Waals surface area (Å²) in [5, 5.41) is 0. The molecule has 2 aromatic carbocycles. The van der Waals surface area contributed by atoms with Crippen molar-refractivity contribution in [1.82, 2.24) is 0 Å². The molecule has 0 aromatic heterocycles. The second-order valence-corrected chi connectivity index (χ2v) is 7.11. The van der Waals surface area contributed by atoms with Gasteiger partial charge in [-0.05, 0) is 42.3 Å². The molecular weight excluding hydrogens is 359 g/mol. The summed E-state index contributed by atoms with van der Waals surface area (Å²) in [5.74, 6) is -0.974. The Balaban J connectivity index is 1.40. The van der Waals surface area contributed by atoms with Gasteiger partial charge in [0.05, 0.1) is 18.8 Å². The largest absolute Gasteiger partial charge is 0.378 e. The van der Waals surface area contributed by atoms with Gasteiger partial charge < -0.3 is 14.5 Å². The van der Waals surface area contributed by atoms with Crippen molar-refractivity contribution in [1.29, 1.82) is 0 Å². The molecule has 0 saturated carbocycles. The molecule has 2 aliphatic rings. The number of anilines is 2. The van der Waals surface area contributed by atoms with E-state index in [-0.39, 0.29) is 30.1 Å². The second kappa shape index (κ2) is 8.10. The summed E-state index contributed by atoms with van der Waals surface area (Å²) in [6.07, 6.45) is 0.899. The van der Waals surface area contributed by atoms with Crippen LogP contribution in [-0.4, -0.2) is 44.5 Å². The van der Waals surface area contributed by atoms with Crippen LogP contribution in [0, 0.1) is 5.82 Å². The van der Waals surface area contributed by atoms with E-state index in [0.29, 0.717) is 6.54 Å². The highest BCUT2D eigenvalue weighted by Crippen LogP contribution is 2.32. The number of carbonyl (C=O) groups excluding carboxylic acids is 2. The maximum atomic E-state index is 13.7. The molecule has 4 rings (SSSR count). The first-order valence-electron chi connectivity index (χ1n) is 9.67. The van der Waals surface area contributed by atoms with Gasteiger partial charge in [0.15, 0.2) is 5.78 Å². The molecule has 28 heavy (non-hydrogen) atoms. The number of benzene rings is 2. The number of nitrogens with zero attached hydrogens (tertiary/aromatic N) is 2. The molecular formula is C22H23FN2O3. The van der Waals surface area contributed by atoms with E-state index in [0.717, 1.165) is 49.7 Å². The number of rotatable bonds is 5. The molecule has 1 fully saturated rings. The normalized spacial score (nSPS) is 16.2. The first-order chi connectivity index (χ1) is 13.6. The van der Waals surface area contributed by atoms with E-state index in [4.69, 9.17) is 4.74 Å². The predicted molar refractivity (Wildman–Crippen MR) is 105 cm³/mol. The molecule has 2 aliphatic heterocycles. The van der Waals surface area contributed by atoms with E-state index in [9.17, 15) is 14.0 Å². The van der Waals surface area contributed by atoms with Crippen LogP contribution in [0.25, 0.3) is 0 Å². The number of halogens is 1. The van der Waals surface area contributed by atoms with Gasteiger partial charge in [-0.2, -0.15) is 0 Å². The highest BCUT2D eigenvalue weighted by Gasteiger charge is 2.26. The van der Waals surface area contributed by atoms with Crippen molar-refractivity contribution in [3.05, 3.63) is 59.4 Å². The number of ketones is 1. The minimum absolute atomic E-state index is 0.0114. The Hall–Kier alpha value is -2.73. The van der Waals surface area contributed by atoms with Crippen LogP contribution in [0.1, 0.15) is 28.8 Å². The van der Waals surface area contributed by atoms with Crippen molar-refractivity contribution in [2.45, 2.75) is 19.3 Å². The zero-order chi connectivity index (χ0) is 19.5. The Morgan fingerprint density at radius 2 is 1.79 bits per heavy atom. The summed E-state index contributed by atoms with van der Waals surface area (Å²) in [6.45, 7) is 3.84. The van der Waals surface area contributed by atoms with Crippen molar-refractivity contribution >= 4 is 23.1 Å². The summed E-state index contributed by atoms with van der Waals surface area (Å²) in [7, 11) is 0.